The van der Waals surface area contributed by atoms with E-state index in [-0.39, 0.29) is 18.8 Å². The Bertz CT molecular complexity index is 413. The molecule has 0 radical (unpaired) electrons. The molecule has 0 bridgehead atoms. The summed E-state index contributed by atoms with van der Waals surface area (Å²) in [7, 11) is 0. The molecule has 76 valence electrons. The van der Waals surface area contributed by atoms with E-state index in [1.807, 2.05) is 12.1 Å². The lowest BCUT2D eigenvalue weighted by atomic mass is 9.93. The Labute approximate surface area is 98.6 Å². The van der Waals surface area contributed by atoms with Crippen molar-refractivity contribution in [3.8, 4) is 12.1 Å². The molecule has 0 aliphatic carbocycles. The third-order valence-corrected chi connectivity index (χ3v) is 2.65. The molecule has 0 saturated carbocycles. The van der Waals surface area contributed by atoms with Gasteiger partial charge in [0.1, 0.15) is 0 Å². The lowest BCUT2D eigenvalue weighted by molar-refractivity contribution is 0.726. The summed E-state index contributed by atoms with van der Waals surface area (Å²) in [6.07, 6.45) is 0.543. The largest absolute Gasteiger partial charge is 0.198 e. The van der Waals surface area contributed by atoms with Gasteiger partial charge in [-0.15, -0.1) is 0 Å². The van der Waals surface area contributed by atoms with E-state index in [2.05, 4.69) is 0 Å². The second-order valence-corrected chi connectivity index (χ2v) is 3.93. The van der Waals surface area contributed by atoms with E-state index in [1.165, 1.54) is 0 Å². The van der Waals surface area contributed by atoms with Gasteiger partial charge in [-0.2, -0.15) is 10.5 Å². The topological polar surface area (TPSA) is 47.6 Å². The highest BCUT2D eigenvalue weighted by atomic mass is 35.5. The highest BCUT2D eigenvalue weighted by Gasteiger charge is 2.14. The quantitative estimate of drug-likeness (QED) is 0.802. The van der Waals surface area contributed by atoms with Crippen molar-refractivity contribution in [3.63, 3.8) is 0 Å². The Kier molecular flexibility index (Phi) is 4.43. The van der Waals surface area contributed by atoms with Crippen LogP contribution in [0.3, 0.4) is 0 Å². The van der Waals surface area contributed by atoms with Crippen LogP contribution < -0.4 is 0 Å². The standard InChI is InChI=1S/C11H8Cl2N2/c12-9-1-2-11(13)10(7-9)8(3-5-14)4-6-15/h1-2,7-8H,3-4H2. The third kappa shape index (κ3) is 3.13. The highest BCUT2D eigenvalue weighted by Crippen LogP contribution is 2.31. The van der Waals surface area contributed by atoms with Crippen LogP contribution in [0.25, 0.3) is 0 Å². The van der Waals surface area contributed by atoms with Crippen molar-refractivity contribution in [3.05, 3.63) is 33.8 Å². The molecule has 1 aromatic carbocycles. The Hall–Kier alpha value is -1.22. The van der Waals surface area contributed by atoms with E-state index in [0.29, 0.717) is 10.0 Å². The van der Waals surface area contributed by atoms with Crippen molar-refractivity contribution in [1.29, 1.82) is 10.5 Å². The van der Waals surface area contributed by atoms with Crippen LogP contribution in [0.15, 0.2) is 18.2 Å². The number of halogens is 2. The van der Waals surface area contributed by atoms with Crippen LogP contribution in [0.2, 0.25) is 10.0 Å². The first-order chi connectivity index (χ1) is 7.19. The molecule has 0 saturated heterocycles. The average molecular weight is 239 g/mol. The molecule has 0 aromatic heterocycles. The maximum absolute atomic E-state index is 8.65. The summed E-state index contributed by atoms with van der Waals surface area (Å²) in [5, 5.41) is 18.4. The molecule has 15 heavy (non-hydrogen) atoms. The number of nitriles is 2. The second kappa shape index (κ2) is 5.61. The van der Waals surface area contributed by atoms with E-state index in [0.717, 1.165) is 5.56 Å². The van der Waals surface area contributed by atoms with Gasteiger partial charge < -0.3 is 0 Å². The molecule has 0 fully saturated rings. The van der Waals surface area contributed by atoms with Gasteiger partial charge in [0.15, 0.2) is 0 Å². The number of hydrogen-bond donors (Lipinski definition) is 0. The molecule has 0 spiro atoms. The number of rotatable bonds is 3. The average Bonchev–Trinajstić information content (AvgIpc) is 2.21. The van der Waals surface area contributed by atoms with Crippen LogP contribution in [0.4, 0.5) is 0 Å². The molecule has 0 unspecified atom stereocenters. The fourth-order valence-corrected chi connectivity index (χ4v) is 1.79. The van der Waals surface area contributed by atoms with Gasteiger partial charge in [-0.25, -0.2) is 0 Å². The molecule has 0 amide bonds. The lowest BCUT2D eigenvalue weighted by Crippen LogP contribution is -1.98. The molecule has 0 aliphatic heterocycles. The first-order valence-electron chi connectivity index (χ1n) is 4.38. The lowest BCUT2D eigenvalue weighted by Gasteiger charge is -2.12. The smallest absolute Gasteiger partial charge is 0.0628 e. The Morgan fingerprint density at radius 2 is 1.73 bits per heavy atom. The molecule has 2 nitrogen and oxygen atoms in total. The van der Waals surface area contributed by atoms with Gasteiger partial charge in [-0.3, -0.25) is 0 Å². The zero-order valence-electron chi connectivity index (χ0n) is 7.87. The van der Waals surface area contributed by atoms with Crippen LogP contribution in [0, 0.1) is 22.7 Å². The molecular weight excluding hydrogens is 231 g/mol. The summed E-state index contributed by atoms with van der Waals surface area (Å²) in [6, 6.07) is 9.17. The van der Waals surface area contributed by atoms with Gasteiger partial charge in [0.25, 0.3) is 0 Å². The van der Waals surface area contributed by atoms with Gasteiger partial charge in [0.2, 0.25) is 0 Å². The maximum Gasteiger partial charge on any atom is 0.0628 e. The molecule has 0 heterocycles. The van der Waals surface area contributed by atoms with Crippen molar-refractivity contribution in [2.75, 3.05) is 0 Å². The molecular formula is C11H8Cl2N2. The summed E-state index contributed by atoms with van der Waals surface area (Å²) in [4.78, 5) is 0. The fraction of sp³-hybridized carbons (Fsp3) is 0.273. The fourth-order valence-electron chi connectivity index (χ4n) is 1.34. The number of benzene rings is 1. The summed E-state index contributed by atoms with van der Waals surface area (Å²) < 4.78 is 0. The highest BCUT2D eigenvalue weighted by molar-refractivity contribution is 6.33. The zero-order chi connectivity index (χ0) is 11.3. The van der Waals surface area contributed by atoms with E-state index in [9.17, 15) is 0 Å². The molecule has 1 aromatic rings. The van der Waals surface area contributed by atoms with E-state index < -0.39 is 0 Å². The third-order valence-electron chi connectivity index (χ3n) is 2.07. The van der Waals surface area contributed by atoms with Crippen molar-refractivity contribution in [1.82, 2.24) is 0 Å². The Balaban J connectivity index is 3.06. The van der Waals surface area contributed by atoms with Crippen LogP contribution in [0.5, 0.6) is 0 Å². The summed E-state index contributed by atoms with van der Waals surface area (Å²) >= 11 is 11.8. The van der Waals surface area contributed by atoms with Gasteiger partial charge in [-0.05, 0) is 23.8 Å². The monoisotopic (exact) mass is 238 g/mol. The van der Waals surface area contributed by atoms with E-state index in [1.54, 1.807) is 18.2 Å². The summed E-state index contributed by atoms with van der Waals surface area (Å²) in [5.74, 6) is -0.161. The van der Waals surface area contributed by atoms with E-state index in [4.69, 9.17) is 33.7 Å². The minimum absolute atomic E-state index is 0.161. The second-order valence-electron chi connectivity index (χ2n) is 3.09. The van der Waals surface area contributed by atoms with Gasteiger partial charge in [0.05, 0.1) is 12.1 Å². The van der Waals surface area contributed by atoms with Crippen LogP contribution in [0.1, 0.15) is 24.3 Å². The number of nitrogens with zero attached hydrogens (tertiary/aromatic N) is 2. The first kappa shape index (κ1) is 11.9. The van der Waals surface area contributed by atoms with Gasteiger partial charge >= 0.3 is 0 Å². The van der Waals surface area contributed by atoms with Crippen molar-refractivity contribution in [2.45, 2.75) is 18.8 Å². The molecule has 1 rings (SSSR count). The van der Waals surface area contributed by atoms with Crippen LogP contribution in [-0.4, -0.2) is 0 Å². The molecule has 4 heteroatoms. The first-order valence-corrected chi connectivity index (χ1v) is 5.13. The predicted octanol–water partition coefficient (Wildman–Crippen LogP) is 3.90. The van der Waals surface area contributed by atoms with Crippen LogP contribution in [-0.2, 0) is 0 Å². The minimum atomic E-state index is -0.161. The molecule has 0 N–H and O–H groups in total. The van der Waals surface area contributed by atoms with Crippen molar-refractivity contribution >= 4 is 23.2 Å². The maximum atomic E-state index is 8.65. The zero-order valence-corrected chi connectivity index (χ0v) is 9.39. The van der Waals surface area contributed by atoms with Crippen LogP contribution >= 0.6 is 23.2 Å². The van der Waals surface area contributed by atoms with Gasteiger partial charge in [0, 0.05) is 28.8 Å². The Morgan fingerprint density at radius 3 is 2.27 bits per heavy atom. The summed E-state index contributed by atoms with van der Waals surface area (Å²) in [5.41, 5.74) is 0.771. The minimum Gasteiger partial charge on any atom is -0.198 e. The van der Waals surface area contributed by atoms with Crippen molar-refractivity contribution < 1.29 is 0 Å². The van der Waals surface area contributed by atoms with Gasteiger partial charge in [-0.1, -0.05) is 23.2 Å². The summed E-state index contributed by atoms with van der Waals surface area (Å²) in [6.45, 7) is 0. The Morgan fingerprint density at radius 1 is 1.13 bits per heavy atom. The SMILES string of the molecule is N#CCC(CC#N)c1cc(Cl)ccc1Cl. The molecule has 0 atom stereocenters. The predicted molar refractivity (Wildman–Crippen MR) is 59.7 cm³/mol. The normalized spacial score (nSPS) is 9.67. The van der Waals surface area contributed by atoms with E-state index >= 15 is 0 Å². The number of hydrogen-bond acceptors (Lipinski definition) is 2. The molecule has 0 aliphatic rings. The van der Waals surface area contributed by atoms with Crippen molar-refractivity contribution in [2.24, 2.45) is 0 Å².